The molecular weight excluding hydrogens is 544 g/mol. The summed E-state index contributed by atoms with van der Waals surface area (Å²) in [4.78, 5) is 44.7. The first-order valence-corrected chi connectivity index (χ1v) is 14.9. The zero-order valence-electron chi connectivity index (χ0n) is 23.5. The Bertz CT molecular complexity index is 1570. The van der Waals surface area contributed by atoms with Crippen molar-refractivity contribution in [1.29, 1.82) is 0 Å². The van der Waals surface area contributed by atoms with Crippen molar-refractivity contribution in [2.75, 3.05) is 0 Å². The second kappa shape index (κ2) is 11.9. The normalized spacial score (nSPS) is 21.6. The lowest BCUT2D eigenvalue weighted by Gasteiger charge is -2.32. The average Bonchev–Trinajstić information content (AvgIpc) is 3.82. The van der Waals surface area contributed by atoms with E-state index in [0.29, 0.717) is 17.1 Å². The molecule has 2 fully saturated rings. The van der Waals surface area contributed by atoms with E-state index >= 15 is 0 Å². The number of amides is 2. The van der Waals surface area contributed by atoms with Crippen LogP contribution in [0.1, 0.15) is 57.4 Å². The van der Waals surface area contributed by atoms with Crippen molar-refractivity contribution >= 4 is 29.2 Å². The molecule has 4 unspecified atom stereocenters. The smallest absolute Gasteiger partial charge is 0.243 e. The van der Waals surface area contributed by atoms with E-state index in [1.807, 2.05) is 91.9 Å². The van der Waals surface area contributed by atoms with Gasteiger partial charge in [-0.1, -0.05) is 114 Å². The number of nitrogens with one attached hydrogen (secondary N) is 1. The molecule has 42 heavy (non-hydrogen) atoms. The van der Waals surface area contributed by atoms with E-state index in [2.05, 4.69) is 5.32 Å². The van der Waals surface area contributed by atoms with Crippen LogP contribution in [0, 0.1) is 18.8 Å². The molecule has 2 aliphatic rings. The molecule has 5 nitrogen and oxygen atoms in total. The topological polar surface area (TPSA) is 66.5 Å². The predicted octanol–water partition coefficient (Wildman–Crippen LogP) is 6.91. The van der Waals surface area contributed by atoms with E-state index < -0.39 is 23.9 Å². The molecular formula is C36H33ClN2O3. The van der Waals surface area contributed by atoms with Gasteiger partial charge in [-0.15, -0.1) is 0 Å². The molecule has 1 N–H and O–H groups in total. The summed E-state index contributed by atoms with van der Waals surface area (Å²) in [6.07, 6.45) is 1.57. The molecule has 0 aromatic heterocycles. The monoisotopic (exact) mass is 576 g/mol. The number of hydrogen-bond acceptors (Lipinski definition) is 3. The quantitative estimate of drug-likeness (QED) is 0.232. The first-order valence-electron chi connectivity index (χ1n) is 14.5. The lowest BCUT2D eigenvalue weighted by atomic mass is 9.76. The molecule has 1 heterocycles. The molecule has 1 saturated heterocycles. The molecule has 1 saturated carbocycles. The minimum Gasteiger partial charge on any atom is -0.350 e. The molecule has 4 aromatic carbocycles. The third-order valence-corrected chi connectivity index (χ3v) is 8.71. The van der Waals surface area contributed by atoms with Gasteiger partial charge in [-0.3, -0.25) is 14.4 Å². The van der Waals surface area contributed by atoms with Gasteiger partial charge >= 0.3 is 0 Å². The molecule has 6 rings (SSSR count). The van der Waals surface area contributed by atoms with E-state index in [1.165, 1.54) is 0 Å². The molecule has 1 aliphatic heterocycles. The highest BCUT2D eigenvalue weighted by molar-refractivity contribution is 6.30. The zero-order valence-corrected chi connectivity index (χ0v) is 24.2. The van der Waals surface area contributed by atoms with Crippen molar-refractivity contribution in [2.45, 2.75) is 44.3 Å². The van der Waals surface area contributed by atoms with Crippen LogP contribution in [-0.4, -0.2) is 28.5 Å². The van der Waals surface area contributed by atoms with Gasteiger partial charge in [0.05, 0.1) is 12.0 Å². The highest BCUT2D eigenvalue weighted by atomic mass is 35.5. The van der Waals surface area contributed by atoms with Gasteiger partial charge in [0, 0.05) is 29.0 Å². The van der Waals surface area contributed by atoms with Gasteiger partial charge in [-0.05, 0) is 48.6 Å². The SMILES string of the molecule is Cc1ccc(CNC(=O)C2C(c3ccccc3)C(C(=O)c3ccccc3)C(c3ccc(Cl)cc3)N2C(=O)C2CC2)cc1. The van der Waals surface area contributed by atoms with Crippen LogP contribution in [-0.2, 0) is 16.1 Å². The Kier molecular flexibility index (Phi) is 7.94. The molecule has 0 radical (unpaired) electrons. The highest BCUT2D eigenvalue weighted by Crippen LogP contribution is 2.53. The Morgan fingerprint density at radius 3 is 2.02 bits per heavy atom. The number of benzene rings is 4. The van der Waals surface area contributed by atoms with Crippen molar-refractivity contribution in [1.82, 2.24) is 10.2 Å². The van der Waals surface area contributed by atoms with Gasteiger partial charge in [0.25, 0.3) is 0 Å². The largest absolute Gasteiger partial charge is 0.350 e. The average molecular weight is 577 g/mol. The van der Waals surface area contributed by atoms with Crippen LogP contribution in [0.15, 0.2) is 109 Å². The van der Waals surface area contributed by atoms with Crippen molar-refractivity contribution < 1.29 is 14.4 Å². The Hall–Kier alpha value is -4.22. The Labute approximate surface area is 251 Å². The van der Waals surface area contributed by atoms with Crippen molar-refractivity contribution in [3.8, 4) is 0 Å². The number of hydrogen-bond donors (Lipinski definition) is 1. The van der Waals surface area contributed by atoms with Gasteiger partial charge < -0.3 is 10.2 Å². The number of likely N-dealkylation sites (tertiary alicyclic amines) is 1. The number of aryl methyl sites for hydroxylation is 1. The van der Waals surface area contributed by atoms with Crippen LogP contribution in [0.2, 0.25) is 5.02 Å². The summed E-state index contributed by atoms with van der Waals surface area (Å²) in [6.45, 7) is 2.35. The molecule has 0 bridgehead atoms. The molecule has 2 amide bonds. The molecule has 0 spiro atoms. The van der Waals surface area contributed by atoms with Crippen LogP contribution in [0.4, 0.5) is 0 Å². The number of ketones is 1. The maximum atomic E-state index is 14.5. The number of carbonyl (C=O) groups is 3. The number of rotatable bonds is 8. The summed E-state index contributed by atoms with van der Waals surface area (Å²) in [5.74, 6) is -1.81. The third kappa shape index (κ3) is 5.62. The van der Waals surface area contributed by atoms with E-state index in [-0.39, 0.29) is 23.5 Å². The summed E-state index contributed by atoms with van der Waals surface area (Å²) >= 11 is 6.27. The van der Waals surface area contributed by atoms with Crippen molar-refractivity contribution in [2.24, 2.45) is 11.8 Å². The lowest BCUT2D eigenvalue weighted by molar-refractivity contribution is -0.142. The summed E-state index contributed by atoms with van der Waals surface area (Å²) in [7, 11) is 0. The van der Waals surface area contributed by atoms with E-state index in [0.717, 1.165) is 35.1 Å². The summed E-state index contributed by atoms with van der Waals surface area (Å²) in [6, 6.07) is 32.7. The summed E-state index contributed by atoms with van der Waals surface area (Å²) < 4.78 is 0. The number of Topliss-reactive ketones (excluding diaryl/α,β-unsaturated/α-hetero) is 1. The van der Waals surface area contributed by atoms with Crippen LogP contribution >= 0.6 is 11.6 Å². The minimum absolute atomic E-state index is 0.0743. The first-order chi connectivity index (χ1) is 20.4. The number of halogens is 1. The fourth-order valence-electron chi connectivity index (χ4n) is 6.21. The maximum Gasteiger partial charge on any atom is 0.243 e. The fourth-order valence-corrected chi connectivity index (χ4v) is 6.34. The molecule has 1 aliphatic carbocycles. The summed E-state index contributed by atoms with van der Waals surface area (Å²) in [5, 5.41) is 3.68. The van der Waals surface area contributed by atoms with Gasteiger partial charge in [-0.25, -0.2) is 0 Å². The molecule has 212 valence electrons. The van der Waals surface area contributed by atoms with Gasteiger partial charge in [-0.2, -0.15) is 0 Å². The Balaban J connectivity index is 1.50. The maximum absolute atomic E-state index is 14.5. The van der Waals surface area contributed by atoms with Crippen LogP contribution in [0.25, 0.3) is 0 Å². The van der Waals surface area contributed by atoms with E-state index in [1.54, 1.807) is 29.2 Å². The van der Waals surface area contributed by atoms with E-state index in [4.69, 9.17) is 11.6 Å². The number of carbonyl (C=O) groups excluding carboxylic acids is 3. The second-order valence-electron chi connectivity index (χ2n) is 11.4. The Morgan fingerprint density at radius 1 is 0.786 bits per heavy atom. The second-order valence-corrected chi connectivity index (χ2v) is 11.8. The lowest BCUT2D eigenvalue weighted by Crippen LogP contribution is -2.49. The molecule has 4 aromatic rings. The summed E-state index contributed by atoms with van der Waals surface area (Å²) in [5.41, 5.74) is 4.31. The first kappa shape index (κ1) is 27.9. The van der Waals surface area contributed by atoms with Crippen molar-refractivity contribution in [3.05, 3.63) is 142 Å². The van der Waals surface area contributed by atoms with Gasteiger partial charge in [0.2, 0.25) is 11.8 Å². The minimum atomic E-state index is -0.871. The van der Waals surface area contributed by atoms with Crippen molar-refractivity contribution in [3.63, 3.8) is 0 Å². The Morgan fingerprint density at radius 2 is 1.40 bits per heavy atom. The van der Waals surface area contributed by atoms with Gasteiger partial charge in [0.15, 0.2) is 5.78 Å². The highest BCUT2D eigenvalue weighted by Gasteiger charge is 2.58. The molecule has 6 heteroatoms. The standard InChI is InChI=1S/C36H33ClN2O3/c1-23-12-14-24(15-13-23)22-38-35(41)33-30(25-8-4-2-5-9-25)31(34(40)27-10-6-3-7-11-27)32(26-18-20-29(37)21-19-26)39(33)36(42)28-16-17-28/h2-15,18-21,28,30-33H,16-17,22H2,1H3,(H,38,41). The number of nitrogens with zero attached hydrogens (tertiary/aromatic N) is 1. The van der Waals surface area contributed by atoms with E-state index in [9.17, 15) is 14.4 Å². The molecule has 4 atom stereocenters. The predicted molar refractivity (Wildman–Crippen MR) is 164 cm³/mol. The van der Waals surface area contributed by atoms with Crippen LogP contribution in [0.5, 0.6) is 0 Å². The third-order valence-electron chi connectivity index (χ3n) is 8.46. The zero-order chi connectivity index (χ0) is 29.2. The fraction of sp³-hybridized carbons (Fsp3) is 0.250. The van der Waals surface area contributed by atoms with Crippen LogP contribution in [0.3, 0.4) is 0 Å². The van der Waals surface area contributed by atoms with Gasteiger partial charge in [0.1, 0.15) is 6.04 Å². The van der Waals surface area contributed by atoms with Crippen LogP contribution < -0.4 is 5.32 Å².